The molecule has 0 atom stereocenters. The van der Waals surface area contributed by atoms with Gasteiger partial charge in [-0.05, 0) is 61.4 Å². The predicted molar refractivity (Wildman–Crippen MR) is 114 cm³/mol. The van der Waals surface area contributed by atoms with Gasteiger partial charge in [0.05, 0.1) is 11.3 Å². The summed E-state index contributed by atoms with van der Waals surface area (Å²) < 4.78 is 0. The molecule has 0 spiro atoms. The van der Waals surface area contributed by atoms with Crippen LogP contribution in [0.5, 0.6) is 5.75 Å². The second-order valence-electron chi connectivity index (χ2n) is 7.10. The number of pyridine rings is 1. The van der Waals surface area contributed by atoms with Crippen molar-refractivity contribution in [1.29, 1.82) is 0 Å². The van der Waals surface area contributed by atoms with Gasteiger partial charge in [-0.2, -0.15) is 0 Å². The molecule has 0 aliphatic carbocycles. The first kappa shape index (κ1) is 18.6. The Morgan fingerprint density at radius 3 is 2.55 bits per heavy atom. The Labute approximate surface area is 167 Å². The Morgan fingerprint density at radius 2 is 1.83 bits per heavy atom. The minimum absolute atomic E-state index is 0.0510. The molecular formula is C22H22N4O3. The monoisotopic (exact) mass is 390 g/mol. The van der Waals surface area contributed by atoms with Gasteiger partial charge in [0.2, 0.25) is 0 Å². The number of aromatic hydroxyl groups is 1. The Kier molecular flexibility index (Phi) is 4.95. The number of hydrogen-bond donors (Lipinski definition) is 4. The number of aromatic nitrogens is 1. The van der Waals surface area contributed by atoms with Crippen molar-refractivity contribution < 1.29 is 9.90 Å². The zero-order valence-electron chi connectivity index (χ0n) is 15.8. The molecule has 148 valence electrons. The Morgan fingerprint density at radius 1 is 1.10 bits per heavy atom. The fraction of sp³-hybridized carbons (Fsp3) is 0.182. The van der Waals surface area contributed by atoms with Crippen molar-refractivity contribution in [2.45, 2.75) is 12.8 Å². The van der Waals surface area contributed by atoms with Crippen molar-refractivity contribution in [3.63, 3.8) is 0 Å². The predicted octanol–water partition coefficient (Wildman–Crippen LogP) is 2.84. The second kappa shape index (κ2) is 7.71. The van der Waals surface area contributed by atoms with E-state index in [0.717, 1.165) is 31.6 Å². The van der Waals surface area contributed by atoms with Crippen molar-refractivity contribution in [3.8, 4) is 5.75 Å². The van der Waals surface area contributed by atoms with Gasteiger partial charge in [0.25, 0.3) is 11.5 Å². The molecule has 1 saturated heterocycles. The Hall–Kier alpha value is -3.74. The first-order valence-electron chi connectivity index (χ1n) is 9.49. The summed E-state index contributed by atoms with van der Waals surface area (Å²) in [6, 6.07) is 13.5. The van der Waals surface area contributed by atoms with Gasteiger partial charge in [0.1, 0.15) is 5.75 Å². The molecule has 3 aromatic rings. The molecule has 1 aromatic heterocycles. The molecule has 0 radical (unpaired) electrons. The minimum Gasteiger partial charge on any atom is -0.508 e. The molecule has 2 heterocycles. The third kappa shape index (κ3) is 3.94. The molecule has 1 aliphatic rings. The van der Waals surface area contributed by atoms with Crippen molar-refractivity contribution in [1.82, 2.24) is 9.88 Å². The molecule has 0 unspecified atom stereocenters. The number of nitrogens with zero attached hydrogens (tertiary/aromatic N) is 1. The van der Waals surface area contributed by atoms with Crippen LogP contribution in [-0.4, -0.2) is 34.0 Å². The lowest BCUT2D eigenvalue weighted by Gasteiger charge is -2.15. The Bertz CT molecular complexity index is 1140. The number of hydrogen-bond acceptors (Lipinski definition) is 5. The number of phenols is 1. The third-order valence-corrected chi connectivity index (χ3v) is 5.06. The van der Waals surface area contributed by atoms with Crippen molar-refractivity contribution in [3.05, 3.63) is 76.2 Å². The van der Waals surface area contributed by atoms with Crippen LogP contribution in [-0.2, 0) is 0 Å². The number of amides is 1. The maximum atomic E-state index is 12.4. The van der Waals surface area contributed by atoms with E-state index < -0.39 is 0 Å². The quantitative estimate of drug-likeness (QED) is 0.547. The average Bonchev–Trinajstić information content (AvgIpc) is 3.26. The number of H-pyrrole nitrogens is 1. The van der Waals surface area contributed by atoms with Gasteiger partial charge in [0.15, 0.2) is 0 Å². The maximum absolute atomic E-state index is 12.4. The van der Waals surface area contributed by atoms with Crippen LogP contribution < -0.4 is 16.6 Å². The molecule has 2 aromatic carbocycles. The number of carbonyl (C=O) groups excluding carboxylic acids is 1. The molecule has 29 heavy (non-hydrogen) atoms. The number of nitrogens with one attached hydrogen (secondary N) is 2. The zero-order valence-corrected chi connectivity index (χ0v) is 15.8. The average molecular weight is 390 g/mol. The normalized spacial score (nSPS) is 14.3. The van der Waals surface area contributed by atoms with Gasteiger partial charge in [-0.25, -0.2) is 0 Å². The van der Waals surface area contributed by atoms with Gasteiger partial charge >= 0.3 is 0 Å². The van der Waals surface area contributed by atoms with Crippen LogP contribution in [0.2, 0.25) is 0 Å². The number of likely N-dealkylation sites (tertiary alicyclic amines) is 1. The van der Waals surface area contributed by atoms with Crippen LogP contribution in [0.3, 0.4) is 0 Å². The summed E-state index contributed by atoms with van der Waals surface area (Å²) in [5, 5.41) is 13.4. The fourth-order valence-electron chi connectivity index (χ4n) is 3.46. The van der Waals surface area contributed by atoms with Crippen LogP contribution in [0.1, 0.15) is 28.8 Å². The van der Waals surface area contributed by atoms with Gasteiger partial charge in [-0.3, -0.25) is 9.59 Å². The highest BCUT2D eigenvalue weighted by Gasteiger charge is 2.19. The number of anilines is 1. The number of fused-ring (bicyclic) bond motifs is 1. The van der Waals surface area contributed by atoms with E-state index in [0.29, 0.717) is 22.0 Å². The van der Waals surface area contributed by atoms with E-state index in [1.165, 1.54) is 12.3 Å². The molecule has 7 heteroatoms. The highest BCUT2D eigenvalue weighted by Crippen LogP contribution is 2.20. The summed E-state index contributed by atoms with van der Waals surface area (Å²) in [6.07, 6.45) is 3.66. The SMILES string of the molecule is N/C(=C\Nc1ccc(C(=O)N2CCCC2)cc1)c1cc2cc(O)ccc2[nH]c1=O. The standard InChI is InChI=1S/C22H22N4O3/c23-19(18-12-15-11-17(27)7-8-20(15)25-21(18)28)13-24-16-5-3-14(4-6-16)22(29)26-9-1-2-10-26/h3-8,11-13,24,27H,1-2,9-10,23H2,(H,25,28)/b19-13-. The lowest BCUT2D eigenvalue weighted by atomic mass is 10.1. The first-order chi connectivity index (χ1) is 14.0. The third-order valence-electron chi connectivity index (χ3n) is 5.06. The van der Waals surface area contributed by atoms with Gasteiger partial charge < -0.3 is 26.0 Å². The van der Waals surface area contributed by atoms with Gasteiger partial charge in [0, 0.05) is 41.4 Å². The lowest BCUT2D eigenvalue weighted by molar-refractivity contribution is 0.0793. The molecule has 1 fully saturated rings. The van der Waals surface area contributed by atoms with E-state index in [1.807, 2.05) is 4.90 Å². The highest BCUT2D eigenvalue weighted by atomic mass is 16.3. The topological polar surface area (TPSA) is 111 Å². The number of nitrogens with two attached hydrogens (primary N) is 1. The second-order valence-corrected chi connectivity index (χ2v) is 7.10. The van der Waals surface area contributed by atoms with E-state index in [9.17, 15) is 14.7 Å². The summed E-state index contributed by atoms with van der Waals surface area (Å²) in [5.74, 6) is 0.162. The number of benzene rings is 2. The summed E-state index contributed by atoms with van der Waals surface area (Å²) in [6.45, 7) is 1.63. The van der Waals surface area contributed by atoms with Crippen molar-refractivity contribution in [2.75, 3.05) is 18.4 Å². The van der Waals surface area contributed by atoms with E-state index >= 15 is 0 Å². The molecule has 0 bridgehead atoms. The first-order valence-corrected chi connectivity index (χ1v) is 9.49. The summed E-state index contributed by atoms with van der Waals surface area (Å²) >= 11 is 0. The lowest BCUT2D eigenvalue weighted by Crippen LogP contribution is -2.27. The van der Waals surface area contributed by atoms with Crippen molar-refractivity contribution in [2.24, 2.45) is 5.73 Å². The number of aromatic amines is 1. The van der Waals surface area contributed by atoms with Gasteiger partial charge in [-0.1, -0.05) is 0 Å². The molecule has 5 N–H and O–H groups in total. The van der Waals surface area contributed by atoms with Crippen LogP contribution in [0.25, 0.3) is 16.6 Å². The fourth-order valence-corrected chi connectivity index (χ4v) is 3.46. The van der Waals surface area contributed by atoms with Crippen molar-refractivity contribution >= 4 is 28.2 Å². The molecular weight excluding hydrogens is 368 g/mol. The van der Waals surface area contributed by atoms with Crippen LogP contribution in [0.15, 0.2) is 59.5 Å². The molecule has 4 rings (SSSR count). The zero-order chi connectivity index (χ0) is 20.4. The largest absolute Gasteiger partial charge is 0.508 e. The Balaban J connectivity index is 1.51. The van der Waals surface area contributed by atoms with E-state index in [4.69, 9.17) is 5.73 Å². The number of carbonyl (C=O) groups is 1. The smallest absolute Gasteiger partial charge is 0.257 e. The number of rotatable bonds is 4. The summed E-state index contributed by atoms with van der Waals surface area (Å²) in [4.78, 5) is 29.3. The highest BCUT2D eigenvalue weighted by molar-refractivity contribution is 5.94. The van der Waals surface area contributed by atoms with E-state index in [-0.39, 0.29) is 22.9 Å². The molecule has 7 nitrogen and oxygen atoms in total. The molecule has 0 saturated carbocycles. The van der Waals surface area contributed by atoms with Crippen LogP contribution in [0.4, 0.5) is 5.69 Å². The number of phenolic OH excluding ortho intramolecular Hbond substituents is 1. The molecule has 1 amide bonds. The summed E-state index contributed by atoms with van der Waals surface area (Å²) in [5.41, 5.74) is 8.36. The van der Waals surface area contributed by atoms with Crippen LogP contribution in [0, 0.1) is 0 Å². The minimum atomic E-state index is -0.315. The van der Waals surface area contributed by atoms with Gasteiger partial charge in [-0.15, -0.1) is 0 Å². The van der Waals surface area contributed by atoms with E-state index in [1.54, 1.807) is 42.5 Å². The summed E-state index contributed by atoms with van der Waals surface area (Å²) in [7, 11) is 0. The molecule has 1 aliphatic heterocycles. The van der Waals surface area contributed by atoms with Crippen LogP contribution >= 0.6 is 0 Å². The van der Waals surface area contributed by atoms with E-state index in [2.05, 4.69) is 10.3 Å². The maximum Gasteiger partial charge on any atom is 0.257 e.